The quantitative estimate of drug-likeness (QED) is 0.379. The number of nitrogens with two attached hydrogens (primary N) is 3. The van der Waals surface area contributed by atoms with Crippen LogP contribution >= 0.6 is 11.8 Å². The molecule has 6 N–H and O–H groups in total. The molecule has 1 aliphatic rings. The molecule has 0 aliphatic heterocycles. The number of allylic oxidation sites excluding steroid dienone is 3. The average Bonchev–Trinajstić information content (AvgIpc) is 3.08. The predicted molar refractivity (Wildman–Crippen MR) is 85.0 cm³/mol. The second kappa shape index (κ2) is 7.09. The average molecular weight is 278 g/mol. The molecule has 0 atom stereocenters. The second-order valence-electron chi connectivity index (χ2n) is 4.62. The van der Waals surface area contributed by atoms with Crippen LogP contribution in [0.15, 0.2) is 51.6 Å². The lowest BCUT2D eigenvalue weighted by atomic mass is 10.2. The summed E-state index contributed by atoms with van der Waals surface area (Å²) in [6.07, 6.45) is 6.75. The number of rotatable bonds is 7. The summed E-state index contributed by atoms with van der Waals surface area (Å²) in [6.45, 7) is 9.17. The summed E-state index contributed by atoms with van der Waals surface area (Å²) in [5.41, 5.74) is 18.8. The van der Waals surface area contributed by atoms with Crippen LogP contribution in [0.1, 0.15) is 26.2 Å². The summed E-state index contributed by atoms with van der Waals surface area (Å²) >= 11 is 1.29. The molecule has 0 bridgehead atoms. The minimum absolute atomic E-state index is 0.464. The van der Waals surface area contributed by atoms with E-state index in [1.807, 2.05) is 0 Å². The Morgan fingerprint density at radius 1 is 1.37 bits per heavy atom. The van der Waals surface area contributed by atoms with E-state index in [1.54, 1.807) is 19.1 Å². The van der Waals surface area contributed by atoms with Crippen LogP contribution in [0, 0.1) is 5.92 Å². The molecule has 0 saturated heterocycles. The van der Waals surface area contributed by atoms with Crippen LogP contribution < -0.4 is 17.2 Å². The normalized spacial score (nSPS) is 17.9. The Balaban J connectivity index is 2.97. The van der Waals surface area contributed by atoms with E-state index in [9.17, 15) is 0 Å². The summed E-state index contributed by atoms with van der Waals surface area (Å²) in [7, 11) is 0. The largest absolute Gasteiger partial charge is 0.401 e. The van der Waals surface area contributed by atoms with Crippen molar-refractivity contribution in [2.75, 3.05) is 0 Å². The van der Waals surface area contributed by atoms with Crippen LogP contribution in [0.2, 0.25) is 0 Å². The molecule has 5 heteroatoms. The molecule has 0 spiro atoms. The van der Waals surface area contributed by atoms with Crippen LogP contribution in [-0.2, 0) is 0 Å². The molecular weight excluding hydrogens is 256 g/mol. The third-order valence-corrected chi connectivity index (χ3v) is 3.56. The van der Waals surface area contributed by atoms with Gasteiger partial charge in [-0.05, 0) is 31.8 Å². The van der Waals surface area contributed by atoms with E-state index in [0.29, 0.717) is 28.2 Å². The van der Waals surface area contributed by atoms with Crippen molar-refractivity contribution < 1.29 is 0 Å². The van der Waals surface area contributed by atoms with Gasteiger partial charge in [-0.1, -0.05) is 31.0 Å². The van der Waals surface area contributed by atoms with Gasteiger partial charge < -0.3 is 17.2 Å². The predicted octanol–water partition coefficient (Wildman–Crippen LogP) is 2.57. The zero-order valence-corrected chi connectivity index (χ0v) is 12.2. The van der Waals surface area contributed by atoms with Crippen molar-refractivity contribution >= 4 is 17.6 Å². The van der Waals surface area contributed by atoms with Gasteiger partial charge in [0.25, 0.3) is 0 Å². The zero-order valence-electron chi connectivity index (χ0n) is 11.4. The van der Waals surface area contributed by atoms with Crippen molar-refractivity contribution in [2.45, 2.75) is 26.2 Å². The standard InChI is InChI=1S/C14H22N4S/c1-4-5-12(14(9(2)15)19-10(3)16)18-13(17)8-11-6-7-11/h4-5,11H,1,3,6-8,15-16H2,2H3,(H2,17,18)/b12-5-,14-9-. The highest BCUT2D eigenvalue weighted by atomic mass is 32.2. The van der Waals surface area contributed by atoms with E-state index < -0.39 is 0 Å². The Morgan fingerprint density at radius 3 is 2.42 bits per heavy atom. The fourth-order valence-electron chi connectivity index (χ4n) is 1.56. The van der Waals surface area contributed by atoms with Gasteiger partial charge in [0.15, 0.2) is 0 Å². The Kier molecular flexibility index (Phi) is 5.76. The lowest BCUT2D eigenvalue weighted by molar-refractivity contribution is 0.885. The molecule has 104 valence electrons. The molecule has 0 amide bonds. The first-order chi connectivity index (χ1) is 8.93. The third-order valence-electron chi connectivity index (χ3n) is 2.56. The molecular formula is C14H22N4S. The minimum atomic E-state index is 0.464. The number of amidine groups is 1. The summed E-state index contributed by atoms with van der Waals surface area (Å²) in [5.74, 6) is 1.31. The fourth-order valence-corrected chi connectivity index (χ4v) is 2.20. The lowest BCUT2D eigenvalue weighted by Gasteiger charge is -2.10. The maximum atomic E-state index is 5.96. The van der Waals surface area contributed by atoms with E-state index in [1.165, 1.54) is 24.6 Å². The Hall–Kier alpha value is -1.62. The molecule has 1 rings (SSSR count). The van der Waals surface area contributed by atoms with Crippen molar-refractivity contribution in [3.8, 4) is 0 Å². The van der Waals surface area contributed by atoms with Gasteiger partial charge in [0.2, 0.25) is 0 Å². The minimum Gasteiger partial charge on any atom is -0.401 e. The molecule has 19 heavy (non-hydrogen) atoms. The molecule has 0 aromatic rings. The molecule has 4 nitrogen and oxygen atoms in total. The monoisotopic (exact) mass is 278 g/mol. The Morgan fingerprint density at radius 2 is 2.00 bits per heavy atom. The molecule has 0 radical (unpaired) electrons. The van der Waals surface area contributed by atoms with Gasteiger partial charge in [-0.15, -0.1) is 0 Å². The van der Waals surface area contributed by atoms with E-state index in [2.05, 4.69) is 18.2 Å². The first-order valence-corrected chi connectivity index (χ1v) is 7.00. The third kappa shape index (κ3) is 5.70. The van der Waals surface area contributed by atoms with E-state index >= 15 is 0 Å². The number of hydrogen-bond donors (Lipinski definition) is 3. The SMILES string of the molecule is C=C/C=C(\N=C(/N)CC1CC1)C(/SC(=C)N)=C(\C)N. The van der Waals surface area contributed by atoms with Gasteiger partial charge in [-0.2, -0.15) is 0 Å². The Labute approximate surface area is 119 Å². The van der Waals surface area contributed by atoms with Gasteiger partial charge in [-0.25, -0.2) is 4.99 Å². The molecule has 0 aromatic carbocycles. The highest BCUT2D eigenvalue weighted by Gasteiger charge is 2.22. The van der Waals surface area contributed by atoms with Crippen LogP contribution in [0.5, 0.6) is 0 Å². The van der Waals surface area contributed by atoms with Gasteiger partial charge in [-0.3, -0.25) is 0 Å². The van der Waals surface area contributed by atoms with Crippen molar-refractivity contribution in [3.63, 3.8) is 0 Å². The maximum Gasteiger partial charge on any atom is 0.0999 e. The summed E-state index contributed by atoms with van der Waals surface area (Å²) in [4.78, 5) is 5.22. The van der Waals surface area contributed by atoms with Crippen LogP contribution in [0.25, 0.3) is 0 Å². The van der Waals surface area contributed by atoms with Gasteiger partial charge >= 0.3 is 0 Å². The molecule has 0 unspecified atom stereocenters. The van der Waals surface area contributed by atoms with Crippen molar-refractivity contribution in [2.24, 2.45) is 28.1 Å². The Bertz CT molecular complexity index is 452. The summed E-state index contributed by atoms with van der Waals surface area (Å²) < 4.78 is 0. The maximum absolute atomic E-state index is 5.96. The number of nitrogens with zero attached hydrogens (tertiary/aromatic N) is 1. The number of thioether (sulfide) groups is 1. The lowest BCUT2D eigenvalue weighted by Crippen LogP contribution is -2.13. The highest BCUT2D eigenvalue weighted by Crippen LogP contribution is 2.33. The van der Waals surface area contributed by atoms with Gasteiger partial charge in [0, 0.05) is 12.1 Å². The van der Waals surface area contributed by atoms with E-state index in [4.69, 9.17) is 17.2 Å². The highest BCUT2D eigenvalue weighted by molar-refractivity contribution is 8.06. The first kappa shape index (κ1) is 15.4. The smallest absolute Gasteiger partial charge is 0.0999 e. The molecule has 1 saturated carbocycles. The number of hydrogen-bond acceptors (Lipinski definition) is 4. The molecule has 0 heterocycles. The summed E-state index contributed by atoms with van der Waals surface area (Å²) in [6, 6.07) is 0. The molecule has 1 fully saturated rings. The van der Waals surface area contributed by atoms with Gasteiger partial charge in [0.05, 0.1) is 21.5 Å². The number of aliphatic imine (C=N–C) groups is 1. The zero-order chi connectivity index (χ0) is 14.4. The van der Waals surface area contributed by atoms with Crippen molar-refractivity contribution in [1.82, 2.24) is 0 Å². The van der Waals surface area contributed by atoms with Crippen LogP contribution in [-0.4, -0.2) is 5.84 Å². The molecule has 1 aliphatic carbocycles. The fraction of sp³-hybridized carbons (Fsp3) is 0.357. The van der Waals surface area contributed by atoms with Crippen LogP contribution in [0.4, 0.5) is 0 Å². The van der Waals surface area contributed by atoms with Crippen LogP contribution in [0.3, 0.4) is 0 Å². The first-order valence-electron chi connectivity index (χ1n) is 6.18. The summed E-state index contributed by atoms with van der Waals surface area (Å²) in [5, 5.41) is 0.464. The second-order valence-corrected chi connectivity index (χ2v) is 5.76. The van der Waals surface area contributed by atoms with Crippen molar-refractivity contribution in [3.05, 3.63) is 46.6 Å². The van der Waals surface area contributed by atoms with Crippen molar-refractivity contribution in [1.29, 1.82) is 0 Å². The molecule has 0 aromatic heterocycles. The van der Waals surface area contributed by atoms with E-state index in [0.717, 1.165) is 11.3 Å². The van der Waals surface area contributed by atoms with E-state index in [-0.39, 0.29) is 0 Å². The topological polar surface area (TPSA) is 90.4 Å². The van der Waals surface area contributed by atoms with Gasteiger partial charge in [0.1, 0.15) is 0 Å².